The summed E-state index contributed by atoms with van der Waals surface area (Å²) in [6.07, 6.45) is 2.84. The number of nitrogens with one attached hydrogen (secondary N) is 1. The fraction of sp³-hybridized carbons (Fsp3) is 0.444. The first-order valence-corrected chi connectivity index (χ1v) is 9.61. The quantitative estimate of drug-likeness (QED) is 0.724. The van der Waals surface area contributed by atoms with Crippen LogP contribution >= 0.6 is 11.8 Å². The molecule has 1 aromatic carbocycles. The van der Waals surface area contributed by atoms with Crippen molar-refractivity contribution in [3.63, 3.8) is 0 Å². The van der Waals surface area contributed by atoms with E-state index < -0.39 is 12.2 Å². The van der Waals surface area contributed by atoms with Crippen LogP contribution in [-0.4, -0.2) is 57.0 Å². The Bertz CT molecular complexity index is 688. The summed E-state index contributed by atoms with van der Waals surface area (Å²) in [5, 5.41) is 23.6. The summed E-state index contributed by atoms with van der Waals surface area (Å²) in [5.74, 6) is 1.27. The topological polar surface area (TPSA) is 81.5 Å². The molecule has 1 aliphatic rings. The van der Waals surface area contributed by atoms with Gasteiger partial charge in [0, 0.05) is 25.0 Å². The van der Waals surface area contributed by atoms with E-state index in [-0.39, 0.29) is 11.3 Å². The first-order valence-electron chi connectivity index (χ1n) is 8.32. The number of rotatable bonds is 6. The molecule has 3 N–H and O–H groups in total. The Kier molecular flexibility index (Phi) is 5.78. The van der Waals surface area contributed by atoms with E-state index in [0.29, 0.717) is 24.7 Å². The van der Waals surface area contributed by atoms with Crippen molar-refractivity contribution in [3.05, 3.63) is 48.2 Å². The Morgan fingerprint density at radius 3 is 2.64 bits per heavy atom. The number of hydrogen-bond donors (Lipinski definition) is 3. The molecule has 1 aliphatic carbocycles. The van der Waals surface area contributed by atoms with Crippen LogP contribution in [0.1, 0.15) is 12.0 Å². The average Bonchev–Trinajstić information content (AvgIpc) is 2.90. The first-order chi connectivity index (χ1) is 12.1. The Hall–Kier alpha value is -1.83. The van der Waals surface area contributed by atoms with Gasteiger partial charge < -0.3 is 20.4 Å². The second kappa shape index (κ2) is 8.03. The molecule has 3 rings (SSSR count). The third-order valence-electron chi connectivity index (χ3n) is 4.51. The van der Waals surface area contributed by atoms with Gasteiger partial charge in [0.1, 0.15) is 11.9 Å². The zero-order valence-electron chi connectivity index (χ0n) is 14.4. The molecule has 1 fully saturated rings. The van der Waals surface area contributed by atoms with Crippen molar-refractivity contribution >= 4 is 23.5 Å². The number of nitrogens with zero attached hydrogens (tertiary/aromatic N) is 3. The number of aliphatic hydroxyl groups is 2. The smallest absolute Gasteiger partial charge is 0.227 e. The van der Waals surface area contributed by atoms with Crippen molar-refractivity contribution in [1.82, 2.24) is 9.97 Å². The number of benzene rings is 1. The molecule has 0 amide bonds. The molecule has 6 nitrogen and oxygen atoms in total. The summed E-state index contributed by atoms with van der Waals surface area (Å²) in [6.45, 7) is 0.712. The lowest BCUT2D eigenvalue weighted by atomic mass is 10.2. The van der Waals surface area contributed by atoms with Crippen molar-refractivity contribution < 1.29 is 10.2 Å². The maximum atomic E-state index is 10.2. The summed E-state index contributed by atoms with van der Waals surface area (Å²) < 4.78 is 0. The summed E-state index contributed by atoms with van der Waals surface area (Å²) in [5.41, 5.74) is 1.18. The van der Waals surface area contributed by atoms with Crippen LogP contribution in [-0.2, 0) is 6.54 Å². The van der Waals surface area contributed by atoms with Gasteiger partial charge in [0.05, 0.1) is 12.1 Å². The Labute approximate surface area is 152 Å². The molecule has 4 atom stereocenters. The molecule has 134 valence electrons. The molecule has 0 unspecified atom stereocenters. The van der Waals surface area contributed by atoms with Crippen molar-refractivity contribution in [2.24, 2.45) is 0 Å². The predicted octanol–water partition coefficient (Wildman–Crippen LogP) is 1.75. The lowest BCUT2D eigenvalue weighted by Gasteiger charge is -2.21. The Morgan fingerprint density at radius 2 is 1.96 bits per heavy atom. The Balaban J connectivity index is 1.67. The van der Waals surface area contributed by atoms with Crippen molar-refractivity contribution in [1.29, 1.82) is 0 Å². The van der Waals surface area contributed by atoms with Gasteiger partial charge in [0.25, 0.3) is 0 Å². The lowest BCUT2D eigenvalue weighted by Crippen LogP contribution is -2.35. The van der Waals surface area contributed by atoms with E-state index in [2.05, 4.69) is 27.4 Å². The zero-order chi connectivity index (χ0) is 17.8. The SMILES string of the molecule is CS[C@@H]1C[C@@H](Nc2ccnc(N(C)Cc3ccccc3)n2)[C@H](O)[C@H]1O. The van der Waals surface area contributed by atoms with Crippen LogP contribution in [0.25, 0.3) is 0 Å². The maximum absolute atomic E-state index is 10.2. The van der Waals surface area contributed by atoms with Crippen molar-refractivity contribution in [3.8, 4) is 0 Å². The van der Waals surface area contributed by atoms with Crippen LogP contribution in [0.2, 0.25) is 0 Å². The van der Waals surface area contributed by atoms with Crippen molar-refractivity contribution in [2.45, 2.75) is 36.5 Å². The molecule has 0 spiro atoms. The van der Waals surface area contributed by atoms with E-state index in [1.165, 1.54) is 5.56 Å². The van der Waals surface area contributed by atoms with Gasteiger partial charge in [-0.1, -0.05) is 30.3 Å². The van der Waals surface area contributed by atoms with Crippen LogP contribution in [0.4, 0.5) is 11.8 Å². The van der Waals surface area contributed by atoms with Gasteiger partial charge in [0.2, 0.25) is 5.95 Å². The molecule has 7 heteroatoms. The third kappa shape index (κ3) is 4.23. The standard InChI is InChI=1S/C18H24N4O2S/c1-22(11-12-6-4-3-5-7-12)18-19-9-8-15(21-18)20-13-10-14(25-2)17(24)16(13)23/h3-9,13-14,16-17,23-24H,10-11H2,1-2H3,(H,19,20,21)/t13-,14-,16+,17+/m1/s1. The lowest BCUT2D eigenvalue weighted by molar-refractivity contribution is 0.0414. The second-order valence-corrected chi connectivity index (χ2v) is 7.40. The van der Waals surface area contributed by atoms with E-state index in [4.69, 9.17) is 0 Å². The monoisotopic (exact) mass is 360 g/mol. The van der Waals surface area contributed by atoms with Gasteiger partial charge >= 0.3 is 0 Å². The molecule has 1 aromatic heterocycles. The van der Waals surface area contributed by atoms with E-state index in [0.717, 1.165) is 0 Å². The van der Waals surface area contributed by atoms with Gasteiger partial charge in [-0.05, 0) is 24.3 Å². The fourth-order valence-electron chi connectivity index (χ4n) is 3.10. The molecule has 1 saturated carbocycles. The van der Waals surface area contributed by atoms with E-state index in [1.807, 2.05) is 36.4 Å². The molecular formula is C18H24N4O2S. The predicted molar refractivity (Wildman–Crippen MR) is 102 cm³/mol. The van der Waals surface area contributed by atoms with Crippen LogP contribution in [0.5, 0.6) is 0 Å². The molecular weight excluding hydrogens is 336 g/mol. The highest BCUT2D eigenvalue weighted by Gasteiger charge is 2.41. The largest absolute Gasteiger partial charge is 0.389 e. The molecule has 0 radical (unpaired) electrons. The molecule has 2 aromatic rings. The zero-order valence-corrected chi connectivity index (χ0v) is 15.2. The third-order valence-corrected chi connectivity index (χ3v) is 5.59. The molecule has 25 heavy (non-hydrogen) atoms. The number of thioether (sulfide) groups is 1. The van der Waals surface area contributed by atoms with Gasteiger partial charge in [0.15, 0.2) is 0 Å². The van der Waals surface area contributed by atoms with E-state index in [1.54, 1.807) is 24.0 Å². The second-order valence-electron chi connectivity index (χ2n) is 6.33. The van der Waals surface area contributed by atoms with Gasteiger partial charge in [-0.3, -0.25) is 0 Å². The molecule has 0 bridgehead atoms. The van der Waals surface area contributed by atoms with Crippen molar-refractivity contribution in [2.75, 3.05) is 23.5 Å². The highest BCUT2D eigenvalue weighted by molar-refractivity contribution is 7.99. The minimum Gasteiger partial charge on any atom is -0.389 e. The molecule has 0 aliphatic heterocycles. The maximum Gasteiger partial charge on any atom is 0.227 e. The highest BCUT2D eigenvalue weighted by Crippen LogP contribution is 2.31. The summed E-state index contributed by atoms with van der Waals surface area (Å²) in [7, 11) is 1.95. The normalized spacial score (nSPS) is 25.8. The average molecular weight is 360 g/mol. The fourth-order valence-corrected chi connectivity index (χ4v) is 3.94. The summed E-state index contributed by atoms with van der Waals surface area (Å²) in [4.78, 5) is 10.9. The van der Waals surface area contributed by atoms with Crippen LogP contribution in [0, 0.1) is 0 Å². The molecule has 1 heterocycles. The van der Waals surface area contributed by atoms with Crippen LogP contribution in [0.15, 0.2) is 42.6 Å². The molecule has 0 saturated heterocycles. The number of anilines is 2. The number of aromatic nitrogens is 2. The summed E-state index contributed by atoms with van der Waals surface area (Å²) in [6, 6.07) is 11.7. The number of aliphatic hydroxyl groups excluding tert-OH is 2. The van der Waals surface area contributed by atoms with E-state index >= 15 is 0 Å². The summed E-state index contributed by atoms with van der Waals surface area (Å²) >= 11 is 1.58. The van der Waals surface area contributed by atoms with Gasteiger partial charge in [-0.25, -0.2) is 4.98 Å². The minimum atomic E-state index is -0.794. The minimum absolute atomic E-state index is 0.0366. The Morgan fingerprint density at radius 1 is 1.20 bits per heavy atom. The van der Waals surface area contributed by atoms with Gasteiger partial charge in [-0.15, -0.1) is 0 Å². The van der Waals surface area contributed by atoms with Gasteiger partial charge in [-0.2, -0.15) is 16.7 Å². The highest BCUT2D eigenvalue weighted by atomic mass is 32.2. The van der Waals surface area contributed by atoms with Crippen LogP contribution in [0.3, 0.4) is 0 Å². The van der Waals surface area contributed by atoms with Crippen LogP contribution < -0.4 is 10.2 Å². The van der Waals surface area contributed by atoms with E-state index in [9.17, 15) is 10.2 Å². The number of hydrogen-bond acceptors (Lipinski definition) is 7. The first kappa shape index (κ1) is 18.0.